The van der Waals surface area contributed by atoms with Gasteiger partial charge in [-0.1, -0.05) is 71.9 Å². The highest BCUT2D eigenvalue weighted by Crippen LogP contribution is 2.36. The fraction of sp³-hybridized carbons (Fsp3) is 0.250. The molecule has 0 bridgehead atoms. The summed E-state index contributed by atoms with van der Waals surface area (Å²) in [7, 11) is 5.47. The number of rotatable bonds is 5. The van der Waals surface area contributed by atoms with Gasteiger partial charge in [0.25, 0.3) is 0 Å². The van der Waals surface area contributed by atoms with Crippen molar-refractivity contribution >= 4 is 17.7 Å². The van der Waals surface area contributed by atoms with E-state index in [-0.39, 0.29) is 11.2 Å². The Morgan fingerprint density at radius 2 is 1.69 bits per heavy atom. The molecule has 2 aromatic carbocycles. The van der Waals surface area contributed by atoms with E-state index in [4.69, 9.17) is 0 Å². The molecule has 0 N–H and O–H groups in total. The lowest BCUT2D eigenvalue weighted by Gasteiger charge is -2.20. The lowest BCUT2D eigenvalue weighted by Crippen LogP contribution is -2.26. The fourth-order valence-electron chi connectivity index (χ4n) is 2.60. The summed E-state index contributed by atoms with van der Waals surface area (Å²) in [6.45, 7) is 2.05. The van der Waals surface area contributed by atoms with E-state index < -0.39 is 0 Å². The summed E-state index contributed by atoms with van der Waals surface area (Å²) in [5.41, 5.74) is 3.16. The number of amides is 1. The van der Waals surface area contributed by atoms with Crippen molar-refractivity contribution in [3.05, 3.63) is 65.7 Å². The number of nitrogens with zero attached hydrogens (tertiary/aromatic N) is 4. The first-order valence-electron chi connectivity index (χ1n) is 8.36. The van der Waals surface area contributed by atoms with Crippen molar-refractivity contribution < 1.29 is 4.79 Å². The van der Waals surface area contributed by atoms with E-state index in [1.54, 1.807) is 19.0 Å². The molecule has 0 aliphatic heterocycles. The monoisotopic (exact) mass is 366 g/mol. The molecule has 0 aliphatic carbocycles. The van der Waals surface area contributed by atoms with Gasteiger partial charge in [0.1, 0.15) is 5.25 Å². The summed E-state index contributed by atoms with van der Waals surface area (Å²) in [4.78, 5) is 14.3. The minimum Gasteiger partial charge on any atom is -0.348 e. The molecule has 0 aliphatic rings. The van der Waals surface area contributed by atoms with Crippen LogP contribution in [0.4, 0.5) is 0 Å². The number of aromatic nitrogens is 3. The molecular formula is C20H22N4OS. The Bertz CT molecular complexity index is 888. The molecule has 26 heavy (non-hydrogen) atoms. The average Bonchev–Trinajstić information content (AvgIpc) is 3.01. The van der Waals surface area contributed by atoms with Gasteiger partial charge in [0.05, 0.1) is 0 Å². The van der Waals surface area contributed by atoms with Crippen LogP contribution in [0, 0.1) is 6.92 Å². The molecule has 0 spiro atoms. The highest BCUT2D eigenvalue weighted by Gasteiger charge is 2.26. The predicted molar refractivity (Wildman–Crippen MR) is 105 cm³/mol. The first kappa shape index (κ1) is 18.2. The van der Waals surface area contributed by atoms with E-state index in [2.05, 4.69) is 29.3 Å². The molecule has 6 heteroatoms. The zero-order chi connectivity index (χ0) is 18.7. The van der Waals surface area contributed by atoms with Crippen LogP contribution in [0.3, 0.4) is 0 Å². The first-order valence-corrected chi connectivity index (χ1v) is 9.24. The molecule has 1 amide bonds. The quantitative estimate of drug-likeness (QED) is 0.646. The summed E-state index contributed by atoms with van der Waals surface area (Å²) in [5.74, 6) is 0.817. The van der Waals surface area contributed by atoms with Gasteiger partial charge in [0, 0.05) is 26.7 Å². The minimum atomic E-state index is -0.361. The number of benzene rings is 2. The van der Waals surface area contributed by atoms with E-state index in [9.17, 15) is 4.79 Å². The SMILES string of the molecule is Cc1ccc(-c2nnc(S[C@@H](C(=O)N(C)C)c3ccccc3)n2C)cc1. The number of aryl methyl sites for hydroxylation is 1. The summed E-state index contributed by atoms with van der Waals surface area (Å²) < 4.78 is 1.94. The van der Waals surface area contributed by atoms with E-state index in [0.717, 1.165) is 17.0 Å². The van der Waals surface area contributed by atoms with Crippen LogP contribution < -0.4 is 0 Å². The molecule has 1 aromatic heterocycles. The van der Waals surface area contributed by atoms with Gasteiger partial charge < -0.3 is 9.47 Å². The van der Waals surface area contributed by atoms with Crippen LogP contribution in [0.1, 0.15) is 16.4 Å². The van der Waals surface area contributed by atoms with Gasteiger partial charge >= 0.3 is 0 Å². The second-order valence-electron chi connectivity index (χ2n) is 6.37. The maximum absolute atomic E-state index is 12.7. The van der Waals surface area contributed by atoms with Gasteiger partial charge in [0.2, 0.25) is 5.91 Å². The number of likely N-dealkylation sites (N-methyl/N-ethyl adjacent to an activating group) is 1. The zero-order valence-electron chi connectivity index (χ0n) is 15.4. The van der Waals surface area contributed by atoms with E-state index in [1.165, 1.54) is 17.3 Å². The van der Waals surface area contributed by atoms with Gasteiger partial charge in [-0.25, -0.2) is 0 Å². The highest BCUT2D eigenvalue weighted by atomic mass is 32.2. The third-order valence-electron chi connectivity index (χ3n) is 4.14. The van der Waals surface area contributed by atoms with Crippen molar-refractivity contribution in [2.75, 3.05) is 14.1 Å². The molecule has 3 aromatic rings. The molecule has 1 atom stereocenters. The third kappa shape index (κ3) is 3.80. The number of carbonyl (C=O) groups excluding carboxylic acids is 1. The van der Waals surface area contributed by atoms with Gasteiger partial charge in [0.15, 0.2) is 11.0 Å². The van der Waals surface area contributed by atoms with Gasteiger partial charge in [-0.2, -0.15) is 0 Å². The first-order chi connectivity index (χ1) is 12.5. The summed E-state index contributed by atoms with van der Waals surface area (Å²) >= 11 is 1.42. The normalized spacial score (nSPS) is 12.0. The molecule has 1 heterocycles. The maximum atomic E-state index is 12.7. The van der Waals surface area contributed by atoms with Crippen LogP contribution in [0.15, 0.2) is 59.8 Å². The summed E-state index contributed by atoms with van der Waals surface area (Å²) in [6, 6.07) is 18.0. The average molecular weight is 366 g/mol. The van der Waals surface area contributed by atoms with Crippen molar-refractivity contribution in [3.8, 4) is 11.4 Å². The largest absolute Gasteiger partial charge is 0.348 e. The van der Waals surface area contributed by atoms with E-state index in [1.807, 2.05) is 54.1 Å². The smallest absolute Gasteiger partial charge is 0.240 e. The van der Waals surface area contributed by atoms with Crippen LogP contribution in [-0.4, -0.2) is 39.7 Å². The molecule has 5 nitrogen and oxygen atoms in total. The topological polar surface area (TPSA) is 51.0 Å². The molecule has 0 radical (unpaired) electrons. The molecule has 0 unspecified atom stereocenters. The van der Waals surface area contributed by atoms with Crippen LogP contribution >= 0.6 is 11.8 Å². The van der Waals surface area contributed by atoms with Gasteiger partial charge in [-0.15, -0.1) is 10.2 Å². The van der Waals surface area contributed by atoms with Crippen LogP contribution in [-0.2, 0) is 11.8 Å². The minimum absolute atomic E-state index is 0.0288. The van der Waals surface area contributed by atoms with Gasteiger partial charge in [-0.3, -0.25) is 4.79 Å². The van der Waals surface area contributed by atoms with Crippen molar-refractivity contribution in [3.63, 3.8) is 0 Å². The summed E-state index contributed by atoms with van der Waals surface area (Å²) in [5, 5.41) is 9.01. The lowest BCUT2D eigenvalue weighted by molar-refractivity contribution is -0.128. The Balaban J connectivity index is 1.93. The Kier molecular flexibility index (Phi) is 5.42. The second-order valence-corrected chi connectivity index (χ2v) is 7.44. The predicted octanol–water partition coefficient (Wildman–Crippen LogP) is 3.71. The van der Waals surface area contributed by atoms with Crippen molar-refractivity contribution in [2.45, 2.75) is 17.3 Å². The molecule has 0 fully saturated rings. The molecule has 0 saturated heterocycles. The van der Waals surface area contributed by atoms with Crippen LogP contribution in [0.2, 0.25) is 0 Å². The maximum Gasteiger partial charge on any atom is 0.240 e. The Morgan fingerprint density at radius 1 is 1.04 bits per heavy atom. The molecular weight excluding hydrogens is 344 g/mol. The van der Waals surface area contributed by atoms with Crippen LogP contribution in [0.5, 0.6) is 0 Å². The number of carbonyl (C=O) groups is 1. The number of thioether (sulfide) groups is 1. The number of hydrogen-bond acceptors (Lipinski definition) is 4. The number of hydrogen-bond donors (Lipinski definition) is 0. The van der Waals surface area contributed by atoms with E-state index in [0.29, 0.717) is 5.16 Å². The van der Waals surface area contributed by atoms with Crippen molar-refractivity contribution in [1.82, 2.24) is 19.7 Å². The van der Waals surface area contributed by atoms with Crippen molar-refractivity contribution in [2.24, 2.45) is 7.05 Å². The Labute approximate surface area is 158 Å². The highest BCUT2D eigenvalue weighted by molar-refractivity contribution is 8.00. The van der Waals surface area contributed by atoms with Crippen LogP contribution in [0.25, 0.3) is 11.4 Å². The Morgan fingerprint density at radius 3 is 2.31 bits per heavy atom. The second kappa shape index (κ2) is 7.74. The zero-order valence-corrected chi connectivity index (χ0v) is 16.2. The lowest BCUT2D eigenvalue weighted by atomic mass is 10.1. The van der Waals surface area contributed by atoms with Crippen molar-refractivity contribution in [1.29, 1.82) is 0 Å². The fourth-order valence-corrected chi connectivity index (χ4v) is 3.75. The molecule has 0 saturated carbocycles. The third-order valence-corrected chi connectivity index (χ3v) is 5.41. The summed E-state index contributed by atoms with van der Waals surface area (Å²) in [6.07, 6.45) is 0. The Hall–Kier alpha value is -2.60. The van der Waals surface area contributed by atoms with E-state index >= 15 is 0 Å². The molecule has 134 valence electrons. The molecule has 3 rings (SSSR count). The standard InChI is InChI=1S/C20H22N4OS/c1-14-10-12-16(13-11-14)18-21-22-20(24(18)4)26-17(19(25)23(2)3)15-8-6-5-7-9-15/h5-13,17H,1-4H3/t17-/m1/s1. The van der Waals surface area contributed by atoms with Gasteiger partial charge in [-0.05, 0) is 12.5 Å².